The molecule has 102 valence electrons. The Bertz CT molecular complexity index is 563. The number of nitrogen functional groups attached to an aromatic ring is 1. The van der Waals surface area contributed by atoms with Crippen LogP contribution >= 0.6 is 0 Å². The number of pyridine rings is 1. The van der Waals surface area contributed by atoms with E-state index in [4.69, 9.17) is 5.73 Å². The topological polar surface area (TPSA) is 42.1 Å². The molecule has 1 unspecified atom stereocenters. The van der Waals surface area contributed by atoms with Crippen LogP contribution in [0.1, 0.15) is 27.2 Å². The van der Waals surface area contributed by atoms with Gasteiger partial charge < -0.3 is 10.6 Å². The first kappa shape index (κ1) is 13.7. The molecule has 3 nitrogen and oxygen atoms in total. The third-order valence-electron chi connectivity index (χ3n) is 3.68. The first-order valence-corrected chi connectivity index (χ1v) is 6.85. The Kier molecular flexibility index (Phi) is 3.93. The summed E-state index contributed by atoms with van der Waals surface area (Å²) in [5.74, 6) is 0.694. The lowest BCUT2D eigenvalue weighted by atomic mass is 10.0. The summed E-state index contributed by atoms with van der Waals surface area (Å²) in [4.78, 5) is 6.50. The average molecular weight is 257 g/mol. The van der Waals surface area contributed by atoms with Gasteiger partial charge in [-0.15, -0.1) is 0 Å². The van der Waals surface area contributed by atoms with Crippen LogP contribution in [0.25, 0.3) is 10.8 Å². The van der Waals surface area contributed by atoms with E-state index in [1.165, 1.54) is 17.5 Å². The maximum absolute atomic E-state index is 6.02. The summed E-state index contributed by atoms with van der Waals surface area (Å²) in [6.45, 7) is 6.79. The van der Waals surface area contributed by atoms with Crippen molar-refractivity contribution >= 4 is 22.1 Å². The van der Waals surface area contributed by atoms with Crippen molar-refractivity contribution in [2.75, 3.05) is 17.7 Å². The van der Waals surface area contributed by atoms with Crippen molar-refractivity contribution in [1.29, 1.82) is 0 Å². The summed E-state index contributed by atoms with van der Waals surface area (Å²) in [6.07, 6.45) is 4.84. The second-order valence-corrected chi connectivity index (χ2v) is 5.68. The van der Waals surface area contributed by atoms with Crippen LogP contribution in [-0.4, -0.2) is 18.1 Å². The zero-order valence-electron chi connectivity index (χ0n) is 12.2. The monoisotopic (exact) mass is 257 g/mol. The largest absolute Gasteiger partial charge is 0.398 e. The Morgan fingerprint density at radius 3 is 2.58 bits per heavy atom. The molecule has 19 heavy (non-hydrogen) atoms. The molecule has 0 spiro atoms. The number of fused-ring (bicyclic) bond motifs is 1. The lowest BCUT2D eigenvalue weighted by Crippen LogP contribution is -2.30. The van der Waals surface area contributed by atoms with Gasteiger partial charge in [0.25, 0.3) is 0 Å². The van der Waals surface area contributed by atoms with Gasteiger partial charge in [0.15, 0.2) is 0 Å². The number of nitrogens with two attached hydrogens (primary N) is 1. The summed E-state index contributed by atoms with van der Waals surface area (Å²) in [6, 6.07) is 6.62. The zero-order chi connectivity index (χ0) is 14.0. The fourth-order valence-corrected chi connectivity index (χ4v) is 2.58. The number of anilines is 2. The maximum atomic E-state index is 6.02. The molecule has 0 aliphatic rings. The van der Waals surface area contributed by atoms with E-state index < -0.39 is 0 Å². The highest BCUT2D eigenvalue weighted by Crippen LogP contribution is 2.31. The van der Waals surface area contributed by atoms with Crippen molar-refractivity contribution in [3.05, 3.63) is 30.6 Å². The molecule has 3 heteroatoms. The van der Waals surface area contributed by atoms with Crippen molar-refractivity contribution < 1.29 is 0 Å². The molecule has 0 bridgehead atoms. The smallest absolute Gasteiger partial charge is 0.0448 e. The zero-order valence-corrected chi connectivity index (χ0v) is 12.2. The van der Waals surface area contributed by atoms with Crippen molar-refractivity contribution in [2.24, 2.45) is 5.92 Å². The standard InChI is InChI=1S/C16H23N3/c1-11(2)9-12(3)19(4)16-6-5-15(17)14-10-18-8-7-13(14)16/h5-8,10-12H,9,17H2,1-4H3. The normalized spacial score (nSPS) is 12.9. The van der Waals surface area contributed by atoms with Gasteiger partial charge in [0, 0.05) is 47.6 Å². The Labute approximate surface area is 115 Å². The number of aromatic nitrogens is 1. The van der Waals surface area contributed by atoms with Gasteiger partial charge >= 0.3 is 0 Å². The third kappa shape index (κ3) is 2.80. The predicted octanol–water partition coefficient (Wildman–Crippen LogP) is 3.69. The van der Waals surface area contributed by atoms with Gasteiger partial charge in [0.1, 0.15) is 0 Å². The van der Waals surface area contributed by atoms with E-state index in [9.17, 15) is 0 Å². The number of benzene rings is 1. The van der Waals surface area contributed by atoms with Gasteiger partial charge in [-0.1, -0.05) is 13.8 Å². The number of hydrogen-bond donors (Lipinski definition) is 1. The molecule has 1 heterocycles. The van der Waals surface area contributed by atoms with Gasteiger partial charge in [-0.2, -0.15) is 0 Å². The first-order valence-electron chi connectivity index (χ1n) is 6.85. The van der Waals surface area contributed by atoms with Gasteiger partial charge in [-0.25, -0.2) is 0 Å². The van der Waals surface area contributed by atoms with Crippen LogP contribution in [0.15, 0.2) is 30.6 Å². The van der Waals surface area contributed by atoms with Crippen LogP contribution in [0.4, 0.5) is 11.4 Å². The van der Waals surface area contributed by atoms with Gasteiger partial charge in [-0.05, 0) is 37.5 Å². The Morgan fingerprint density at radius 2 is 1.89 bits per heavy atom. The molecule has 0 radical (unpaired) electrons. The molecule has 0 saturated heterocycles. The van der Waals surface area contributed by atoms with Crippen LogP contribution in [0.2, 0.25) is 0 Å². The molecule has 0 aliphatic heterocycles. The van der Waals surface area contributed by atoms with E-state index in [0.29, 0.717) is 12.0 Å². The minimum absolute atomic E-state index is 0.500. The van der Waals surface area contributed by atoms with Crippen LogP contribution in [-0.2, 0) is 0 Å². The molecule has 1 aromatic heterocycles. The van der Waals surface area contributed by atoms with Crippen molar-refractivity contribution in [3.8, 4) is 0 Å². The lowest BCUT2D eigenvalue weighted by Gasteiger charge is -2.29. The SMILES string of the molecule is CC(C)CC(C)N(C)c1ccc(N)c2cnccc12. The van der Waals surface area contributed by atoms with E-state index in [-0.39, 0.29) is 0 Å². The minimum Gasteiger partial charge on any atom is -0.398 e. The Hall–Kier alpha value is -1.77. The predicted molar refractivity (Wildman–Crippen MR) is 83.5 cm³/mol. The molecule has 1 aromatic carbocycles. The quantitative estimate of drug-likeness (QED) is 0.849. The van der Waals surface area contributed by atoms with E-state index in [0.717, 1.165) is 11.1 Å². The fraction of sp³-hybridized carbons (Fsp3) is 0.438. The molecule has 2 rings (SSSR count). The van der Waals surface area contributed by atoms with Crippen LogP contribution < -0.4 is 10.6 Å². The van der Waals surface area contributed by atoms with Crippen LogP contribution in [0.3, 0.4) is 0 Å². The van der Waals surface area contributed by atoms with E-state index in [1.54, 1.807) is 0 Å². The average Bonchev–Trinajstić information content (AvgIpc) is 2.38. The second kappa shape index (κ2) is 5.47. The summed E-state index contributed by atoms with van der Waals surface area (Å²) in [5, 5.41) is 2.21. The molecular formula is C16H23N3. The molecule has 0 amide bonds. The van der Waals surface area contributed by atoms with Crippen molar-refractivity contribution in [3.63, 3.8) is 0 Å². The summed E-state index contributed by atoms with van der Waals surface area (Å²) in [5.41, 5.74) is 8.03. The maximum Gasteiger partial charge on any atom is 0.0448 e. The third-order valence-corrected chi connectivity index (χ3v) is 3.68. The number of hydrogen-bond acceptors (Lipinski definition) is 3. The molecule has 0 saturated carbocycles. The molecular weight excluding hydrogens is 234 g/mol. The Balaban J connectivity index is 2.42. The van der Waals surface area contributed by atoms with E-state index in [1.807, 2.05) is 24.5 Å². The molecule has 0 aliphatic carbocycles. The molecule has 2 aromatic rings. The second-order valence-electron chi connectivity index (χ2n) is 5.68. The lowest BCUT2D eigenvalue weighted by molar-refractivity contribution is 0.504. The summed E-state index contributed by atoms with van der Waals surface area (Å²) in [7, 11) is 2.15. The van der Waals surface area contributed by atoms with Crippen LogP contribution in [0.5, 0.6) is 0 Å². The van der Waals surface area contributed by atoms with Crippen LogP contribution in [0, 0.1) is 5.92 Å². The van der Waals surface area contributed by atoms with Gasteiger partial charge in [0.05, 0.1) is 0 Å². The molecule has 1 atom stereocenters. The van der Waals surface area contributed by atoms with Crippen molar-refractivity contribution in [2.45, 2.75) is 33.2 Å². The van der Waals surface area contributed by atoms with E-state index in [2.05, 4.69) is 43.8 Å². The number of nitrogens with zero attached hydrogens (tertiary/aromatic N) is 2. The van der Waals surface area contributed by atoms with Crippen molar-refractivity contribution in [1.82, 2.24) is 4.98 Å². The highest BCUT2D eigenvalue weighted by molar-refractivity contribution is 6.00. The summed E-state index contributed by atoms with van der Waals surface area (Å²) < 4.78 is 0. The highest BCUT2D eigenvalue weighted by atomic mass is 15.1. The van der Waals surface area contributed by atoms with Gasteiger partial charge in [0.2, 0.25) is 0 Å². The molecule has 2 N–H and O–H groups in total. The van der Waals surface area contributed by atoms with Gasteiger partial charge in [-0.3, -0.25) is 4.98 Å². The summed E-state index contributed by atoms with van der Waals surface area (Å²) >= 11 is 0. The fourth-order valence-electron chi connectivity index (χ4n) is 2.58. The minimum atomic E-state index is 0.500. The number of rotatable bonds is 4. The Morgan fingerprint density at radius 1 is 1.16 bits per heavy atom. The highest BCUT2D eigenvalue weighted by Gasteiger charge is 2.14. The molecule has 0 fully saturated rings. The van der Waals surface area contributed by atoms with E-state index >= 15 is 0 Å². The first-order chi connectivity index (χ1) is 9.00.